The van der Waals surface area contributed by atoms with Crippen molar-refractivity contribution in [2.45, 2.75) is 25.0 Å². The van der Waals surface area contributed by atoms with E-state index in [1.807, 2.05) is 12.3 Å². The molecule has 0 aliphatic carbocycles. The molecular weight excluding hydrogens is 262 g/mol. The monoisotopic (exact) mass is 283 g/mol. The molecule has 2 fully saturated rings. The van der Waals surface area contributed by atoms with Crippen LogP contribution in [-0.2, 0) is 11.3 Å². The van der Waals surface area contributed by atoms with Gasteiger partial charge in [0.15, 0.2) is 0 Å². The number of pyridine rings is 1. The van der Waals surface area contributed by atoms with Gasteiger partial charge in [-0.2, -0.15) is 0 Å². The van der Waals surface area contributed by atoms with Crippen molar-refractivity contribution in [2.75, 3.05) is 32.8 Å². The first-order valence-corrected chi connectivity index (χ1v) is 6.83. The van der Waals surface area contributed by atoms with Gasteiger partial charge in [0.25, 0.3) is 0 Å². The first kappa shape index (κ1) is 14.7. The Morgan fingerprint density at radius 1 is 1.32 bits per heavy atom. The number of hydrogen-bond donors (Lipinski definition) is 1. The Morgan fingerprint density at radius 2 is 2.16 bits per heavy atom. The molecule has 0 saturated carbocycles. The van der Waals surface area contributed by atoms with Crippen LogP contribution in [0, 0.1) is 0 Å². The molecule has 0 unspecified atom stereocenters. The van der Waals surface area contributed by atoms with Gasteiger partial charge in [-0.1, -0.05) is 6.07 Å². The van der Waals surface area contributed by atoms with E-state index in [1.54, 1.807) is 0 Å². The van der Waals surface area contributed by atoms with Crippen LogP contribution >= 0.6 is 12.4 Å². The predicted molar refractivity (Wildman–Crippen MR) is 77.5 cm³/mol. The molecule has 1 aromatic rings. The van der Waals surface area contributed by atoms with E-state index in [9.17, 15) is 0 Å². The summed E-state index contributed by atoms with van der Waals surface area (Å²) in [6, 6.07) is 6.13. The normalized spacial score (nSPS) is 22.9. The van der Waals surface area contributed by atoms with E-state index in [2.05, 4.69) is 27.3 Å². The molecule has 106 valence electrons. The van der Waals surface area contributed by atoms with E-state index < -0.39 is 0 Å². The Bertz CT molecular complexity index is 376. The lowest BCUT2D eigenvalue weighted by molar-refractivity contribution is -0.125. The van der Waals surface area contributed by atoms with Crippen LogP contribution in [0.3, 0.4) is 0 Å². The lowest BCUT2D eigenvalue weighted by atomic mass is 9.90. The second-order valence-corrected chi connectivity index (χ2v) is 5.31. The quantitative estimate of drug-likeness (QED) is 0.892. The Kier molecular flexibility index (Phi) is 5.16. The van der Waals surface area contributed by atoms with Crippen LogP contribution in [0.1, 0.15) is 18.5 Å². The largest absolute Gasteiger partial charge is 0.372 e. The summed E-state index contributed by atoms with van der Waals surface area (Å²) in [4.78, 5) is 6.89. The van der Waals surface area contributed by atoms with Crippen molar-refractivity contribution in [3.05, 3.63) is 30.1 Å². The van der Waals surface area contributed by atoms with Gasteiger partial charge in [0.1, 0.15) is 0 Å². The molecule has 3 heterocycles. The van der Waals surface area contributed by atoms with Gasteiger partial charge in [-0.05, 0) is 38.1 Å². The van der Waals surface area contributed by atoms with Gasteiger partial charge in [0.05, 0.1) is 17.9 Å². The van der Waals surface area contributed by atoms with E-state index in [0.29, 0.717) is 0 Å². The molecule has 0 bridgehead atoms. The highest BCUT2D eigenvalue weighted by atomic mass is 35.5. The molecule has 0 amide bonds. The third kappa shape index (κ3) is 3.66. The fourth-order valence-corrected chi connectivity index (χ4v) is 2.96. The van der Waals surface area contributed by atoms with Gasteiger partial charge >= 0.3 is 0 Å². The first-order valence-electron chi connectivity index (χ1n) is 6.83. The number of rotatable bonds is 2. The molecule has 0 radical (unpaired) electrons. The second kappa shape index (κ2) is 6.66. The fraction of sp³-hybridized carbons (Fsp3) is 0.643. The number of nitrogens with zero attached hydrogens (tertiary/aromatic N) is 2. The van der Waals surface area contributed by atoms with Gasteiger partial charge in [-0.25, -0.2) is 0 Å². The predicted octanol–water partition coefficient (Wildman–Crippen LogP) is 1.46. The fourth-order valence-electron chi connectivity index (χ4n) is 2.96. The molecule has 2 saturated heterocycles. The highest BCUT2D eigenvalue weighted by Gasteiger charge is 2.37. The number of piperidine rings is 1. The number of ether oxygens (including phenoxy) is 1. The third-order valence-electron chi connectivity index (χ3n) is 3.95. The molecule has 2 aliphatic heterocycles. The number of nitrogens with one attached hydrogen (secondary N) is 1. The van der Waals surface area contributed by atoms with Crippen molar-refractivity contribution in [1.29, 1.82) is 0 Å². The van der Waals surface area contributed by atoms with E-state index in [4.69, 9.17) is 4.74 Å². The van der Waals surface area contributed by atoms with E-state index in [1.165, 1.54) is 0 Å². The summed E-state index contributed by atoms with van der Waals surface area (Å²) < 4.78 is 6.07. The summed E-state index contributed by atoms with van der Waals surface area (Å²) in [5.41, 5.74) is 1.25. The molecule has 0 atom stereocenters. The van der Waals surface area contributed by atoms with Crippen LogP contribution in [0.15, 0.2) is 24.4 Å². The summed E-state index contributed by atoms with van der Waals surface area (Å²) >= 11 is 0. The SMILES string of the molecule is Cl.c1ccc(CN2CCOC3(CCNCC3)C2)nc1. The van der Waals surface area contributed by atoms with Crippen molar-refractivity contribution < 1.29 is 4.74 Å². The number of morpholine rings is 1. The minimum atomic E-state index is 0. The van der Waals surface area contributed by atoms with Crippen molar-refractivity contribution in [1.82, 2.24) is 15.2 Å². The Morgan fingerprint density at radius 3 is 2.89 bits per heavy atom. The average Bonchev–Trinajstić information content (AvgIpc) is 2.41. The number of hydrogen-bond acceptors (Lipinski definition) is 4. The van der Waals surface area contributed by atoms with Gasteiger partial charge in [-0.3, -0.25) is 9.88 Å². The summed E-state index contributed by atoms with van der Waals surface area (Å²) in [7, 11) is 0. The maximum absolute atomic E-state index is 6.07. The minimum Gasteiger partial charge on any atom is -0.372 e. The highest BCUT2D eigenvalue weighted by Crippen LogP contribution is 2.27. The maximum atomic E-state index is 6.07. The first-order chi connectivity index (χ1) is 8.86. The van der Waals surface area contributed by atoms with Crippen molar-refractivity contribution in [3.8, 4) is 0 Å². The van der Waals surface area contributed by atoms with E-state index in [0.717, 1.165) is 57.9 Å². The van der Waals surface area contributed by atoms with Gasteiger partial charge in [-0.15, -0.1) is 12.4 Å². The molecule has 0 aromatic carbocycles. The number of aromatic nitrogens is 1. The molecule has 5 heteroatoms. The van der Waals surface area contributed by atoms with Gasteiger partial charge in [0, 0.05) is 25.8 Å². The summed E-state index contributed by atoms with van der Waals surface area (Å²) in [5, 5.41) is 3.41. The Balaban J connectivity index is 0.00000133. The smallest absolute Gasteiger partial charge is 0.0833 e. The topological polar surface area (TPSA) is 37.4 Å². The Labute approximate surface area is 121 Å². The van der Waals surface area contributed by atoms with Crippen LogP contribution in [0.4, 0.5) is 0 Å². The van der Waals surface area contributed by atoms with Crippen LogP contribution in [0.25, 0.3) is 0 Å². The lowest BCUT2D eigenvalue weighted by Crippen LogP contribution is -2.55. The van der Waals surface area contributed by atoms with E-state index >= 15 is 0 Å². The maximum Gasteiger partial charge on any atom is 0.0833 e. The minimum absolute atomic E-state index is 0. The van der Waals surface area contributed by atoms with Crippen LogP contribution in [-0.4, -0.2) is 48.3 Å². The van der Waals surface area contributed by atoms with Crippen LogP contribution in [0.2, 0.25) is 0 Å². The molecule has 2 aliphatic rings. The van der Waals surface area contributed by atoms with Crippen molar-refractivity contribution in [2.24, 2.45) is 0 Å². The zero-order valence-corrected chi connectivity index (χ0v) is 12.0. The van der Waals surface area contributed by atoms with Crippen molar-refractivity contribution >= 4 is 12.4 Å². The molecule has 3 rings (SSSR count). The lowest BCUT2D eigenvalue weighted by Gasteiger charge is -2.45. The van der Waals surface area contributed by atoms with Crippen molar-refractivity contribution in [3.63, 3.8) is 0 Å². The third-order valence-corrected chi connectivity index (χ3v) is 3.95. The zero-order valence-electron chi connectivity index (χ0n) is 11.2. The molecule has 19 heavy (non-hydrogen) atoms. The Hall–Kier alpha value is -0.680. The number of halogens is 1. The van der Waals surface area contributed by atoms with Crippen LogP contribution < -0.4 is 5.32 Å². The molecule has 1 spiro atoms. The average molecular weight is 284 g/mol. The standard InChI is InChI=1S/C14H21N3O.ClH/c1-2-6-16-13(3-1)11-17-9-10-18-14(12-17)4-7-15-8-5-14;/h1-3,6,15H,4-5,7-12H2;1H. The van der Waals surface area contributed by atoms with Gasteiger partial charge < -0.3 is 10.1 Å². The summed E-state index contributed by atoms with van der Waals surface area (Å²) in [6.07, 6.45) is 4.13. The van der Waals surface area contributed by atoms with Crippen LogP contribution in [0.5, 0.6) is 0 Å². The molecule has 4 nitrogen and oxygen atoms in total. The summed E-state index contributed by atoms with van der Waals surface area (Å²) in [5.74, 6) is 0. The molecule has 1 aromatic heterocycles. The molecule has 1 N–H and O–H groups in total. The zero-order chi connectivity index (χ0) is 12.3. The molecular formula is C14H22ClN3O. The highest BCUT2D eigenvalue weighted by molar-refractivity contribution is 5.85. The summed E-state index contributed by atoms with van der Waals surface area (Å²) in [6.45, 7) is 6.03. The van der Waals surface area contributed by atoms with Gasteiger partial charge in [0.2, 0.25) is 0 Å². The van der Waals surface area contributed by atoms with E-state index in [-0.39, 0.29) is 18.0 Å². The second-order valence-electron chi connectivity index (χ2n) is 5.31.